The molecule has 1 aromatic carbocycles. The summed E-state index contributed by atoms with van der Waals surface area (Å²) in [5.41, 5.74) is 6.81. The molecular weight excluding hydrogens is 265 g/mol. The fraction of sp³-hybridized carbons (Fsp3) is 0.133. The second-order valence-corrected chi connectivity index (χ2v) is 4.14. The molecule has 0 amide bonds. The first-order valence-electron chi connectivity index (χ1n) is 5.79. The fourth-order valence-corrected chi connectivity index (χ4v) is 1.35. The molecule has 20 heavy (non-hydrogen) atoms. The third kappa shape index (κ3) is 5.14. The van der Waals surface area contributed by atoms with Gasteiger partial charge in [0, 0.05) is 18.1 Å². The summed E-state index contributed by atoms with van der Waals surface area (Å²) >= 11 is 0. The van der Waals surface area contributed by atoms with Gasteiger partial charge in [0.15, 0.2) is 0 Å². The Morgan fingerprint density at radius 3 is 2.10 bits per heavy atom. The van der Waals surface area contributed by atoms with Crippen LogP contribution in [0.3, 0.4) is 0 Å². The number of hydrogen-bond donors (Lipinski definition) is 1. The van der Waals surface area contributed by atoms with Crippen LogP contribution in [0.5, 0.6) is 0 Å². The van der Waals surface area contributed by atoms with Crippen LogP contribution in [0.2, 0.25) is 0 Å². The van der Waals surface area contributed by atoms with Crippen molar-refractivity contribution in [3.05, 3.63) is 66.5 Å². The molecule has 2 rings (SSSR count). The Hall–Kier alpha value is -2.30. The molecule has 1 aromatic heterocycles. The van der Waals surface area contributed by atoms with Crippen molar-refractivity contribution in [3.8, 4) is 0 Å². The SMILES string of the molecule is C=C(C)c1ccncc1.Nc1cccc(C(F)(F)F)c1. The smallest absolute Gasteiger partial charge is 0.399 e. The maximum absolute atomic E-state index is 11.9. The van der Waals surface area contributed by atoms with Gasteiger partial charge in [-0.1, -0.05) is 18.2 Å². The van der Waals surface area contributed by atoms with E-state index in [4.69, 9.17) is 5.73 Å². The lowest BCUT2D eigenvalue weighted by Crippen LogP contribution is -2.04. The monoisotopic (exact) mass is 280 g/mol. The average Bonchev–Trinajstić information content (AvgIpc) is 2.39. The number of hydrogen-bond acceptors (Lipinski definition) is 2. The fourth-order valence-electron chi connectivity index (χ4n) is 1.35. The van der Waals surface area contributed by atoms with Crippen molar-refractivity contribution in [2.75, 3.05) is 5.73 Å². The van der Waals surface area contributed by atoms with E-state index in [1.165, 1.54) is 12.1 Å². The Balaban J connectivity index is 0.000000204. The highest BCUT2D eigenvalue weighted by Gasteiger charge is 2.30. The van der Waals surface area contributed by atoms with Crippen molar-refractivity contribution in [1.82, 2.24) is 4.98 Å². The van der Waals surface area contributed by atoms with E-state index in [0.29, 0.717) is 0 Å². The zero-order valence-corrected chi connectivity index (χ0v) is 11.0. The molecule has 1 heterocycles. The maximum Gasteiger partial charge on any atom is 0.416 e. The van der Waals surface area contributed by atoms with Crippen LogP contribution in [0.1, 0.15) is 18.1 Å². The Labute approximate surface area is 115 Å². The van der Waals surface area contributed by atoms with E-state index >= 15 is 0 Å². The molecule has 0 saturated heterocycles. The Kier molecular flexibility index (Phi) is 5.32. The molecule has 0 aliphatic carbocycles. The number of aromatic nitrogens is 1. The van der Waals surface area contributed by atoms with Gasteiger partial charge < -0.3 is 5.73 Å². The highest BCUT2D eigenvalue weighted by atomic mass is 19.4. The zero-order chi connectivity index (χ0) is 15.2. The van der Waals surface area contributed by atoms with Gasteiger partial charge in [-0.3, -0.25) is 4.98 Å². The normalized spacial score (nSPS) is 10.4. The number of alkyl halides is 3. The van der Waals surface area contributed by atoms with Gasteiger partial charge in [-0.25, -0.2) is 0 Å². The van der Waals surface area contributed by atoms with E-state index in [2.05, 4.69) is 11.6 Å². The van der Waals surface area contributed by atoms with E-state index in [1.54, 1.807) is 12.4 Å². The molecule has 0 spiro atoms. The maximum atomic E-state index is 11.9. The lowest BCUT2D eigenvalue weighted by atomic mass is 10.1. The number of benzene rings is 1. The van der Waals surface area contributed by atoms with Gasteiger partial charge in [0.25, 0.3) is 0 Å². The molecule has 106 valence electrons. The molecule has 0 atom stereocenters. The van der Waals surface area contributed by atoms with Gasteiger partial charge in [-0.15, -0.1) is 0 Å². The minimum Gasteiger partial charge on any atom is -0.399 e. The minimum atomic E-state index is -4.30. The predicted octanol–water partition coefficient (Wildman–Crippen LogP) is 4.40. The molecule has 0 radical (unpaired) electrons. The van der Waals surface area contributed by atoms with E-state index < -0.39 is 11.7 Å². The molecule has 0 aliphatic rings. The van der Waals surface area contributed by atoms with Gasteiger partial charge in [0.05, 0.1) is 5.56 Å². The summed E-state index contributed by atoms with van der Waals surface area (Å²) in [4.78, 5) is 3.89. The lowest BCUT2D eigenvalue weighted by Gasteiger charge is -2.05. The van der Waals surface area contributed by atoms with Crippen molar-refractivity contribution in [3.63, 3.8) is 0 Å². The third-order valence-corrected chi connectivity index (χ3v) is 2.39. The average molecular weight is 280 g/mol. The lowest BCUT2D eigenvalue weighted by molar-refractivity contribution is -0.137. The van der Waals surface area contributed by atoms with Crippen LogP contribution < -0.4 is 5.73 Å². The standard InChI is InChI=1S/C8H9N.C7H6F3N/c1-7(2)8-3-5-9-6-4-8;8-7(9,10)5-2-1-3-6(11)4-5/h3-6H,1H2,2H3;1-4H,11H2. The molecular formula is C15H15F3N2. The summed E-state index contributed by atoms with van der Waals surface area (Å²) in [6, 6.07) is 8.47. The molecule has 0 bridgehead atoms. The van der Waals surface area contributed by atoms with E-state index in [1.807, 2.05) is 19.1 Å². The molecule has 2 nitrogen and oxygen atoms in total. The van der Waals surface area contributed by atoms with Crippen molar-refractivity contribution in [1.29, 1.82) is 0 Å². The molecule has 0 fully saturated rings. The highest BCUT2D eigenvalue weighted by Crippen LogP contribution is 2.29. The number of pyridine rings is 1. The summed E-state index contributed by atoms with van der Waals surface area (Å²) in [6.07, 6.45) is -0.761. The number of nitrogens with two attached hydrogens (primary N) is 1. The summed E-state index contributed by atoms with van der Waals surface area (Å²) in [6.45, 7) is 5.78. The van der Waals surface area contributed by atoms with Gasteiger partial charge in [0.1, 0.15) is 0 Å². The Morgan fingerprint density at radius 2 is 1.75 bits per heavy atom. The van der Waals surface area contributed by atoms with Crippen LogP contribution in [0.4, 0.5) is 18.9 Å². The Morgan fingerprint density at radius 1 is 1.15 bits per heavy atom. The number of nitrogen functional groups attached to an aromatic ring is 1. The van der Waals surface area contributed by atoms with Crippen LogP contribution in [-0.4, -0.2) is 4.98 Å². The second-order valence-electron chi connectivity index (χ2n) is 4.14. The van der Waals surface area contributed by atoms with Crippen LogP contribution >= 0.6 is 0 Å². The number of anilines is 1. The molecule has 5 heteroatoms. The van der Waals surface area contributed by atoms with Gasteiger partial charge in [-0.2, -0.15) is 13.2 Å². The predicted molar refractivity (Wildman–Crippen MR) is 74.8 cm³/mol. The number of rotatable bonds is 1. The van der Waals surface area contributed by atoms with Crippen LogP contribution in [0, 0.1) is 0 Å². The molecule has 0 saturated carbocycles. The summed E-state index contributed by atoms with van der Waals surface area (Å²) in [5, 5.41) is 0. The zero-order valence-electron chi connectivity index (χ0n) is 11.0. The van der Waals surface area contributed by atoms with E-state index in [-0.39, 0.29) is 5.69 Å². The summed E-state index contributed by atoms with van der Waals surface area (Å²) < 4.78 is 35.7. The highest BCUT2D eigenvalue weighted by molar-refractivity contribution is 5.60. The largest absolute Gasteiger partial charge is 0.416 e. The van der Waals surface area contributed by atoms with E-state index in [9.17, 15) is 13.2 Å². The second kappa shape index (κ2) is 6.75. The molecule has 2 aromatic rings. The summed E-state index contributed by atoms with van der Waals surface area (Å²) in [5.74, 6) is 0. The molecule has 2 N–H and O–H groups in total. The van der Waals surface area contributed by atoms with Crippen molar-refractivity contribution >= 4 is 11.3 Å². The molecule has 0 unspecified atom stereocenters. The molecule has 0 aliphatic heterocycles. The minimum absolute atomic E-state index is 0.125. The van der Waals surface area contributed by atoms with Crippen LogP contribution in [-0.2, 0) is 6.18 Å². The van der Waals surface area contributed by atoms with Crippen molar-refractivity contribution in [2.45, 2.75) is 13.1 Å². The number of nitrogens with zero attached hydrogens (tertiary/aromatic N) is 1. The van der Waals surface area contributed by atoms with E-state index in [0.717, 1.165) is 23.3 Å². The summed E-state index contributed by atoms with van der Waals surface area (Å²) in [7, 11) is 0. The van der Waals surface area contributed by atoms with Gasteiger partial charge in [0.2, 0.25) is 0 Å². The first-order chi connectivity index (χ1) is 9.30. The number of halogens is 3. The quantitative estimate of drug-likeness (QED) is 0.786. The topological polar surface area (TPSA) is 38.9 Å². The first-order valence-corrected chi connectivity index (χ1v) is 5.79. The first kappa shape index (κ1) is 15.8. The third-order valence-electron chi connectivity index (χ3n) is 2.39. The Bertz CT molecular complexity index is 563. The van der Waals surface area contributed by atoms with Gasteiger partial charge >= 0.3 is 6.18 Å². The van der Waals surface area contributed by atoms with Crippen LogP contribution in [0.15, 0.2) is 55.4 Å². The van der Waals surface area contributed by atoms with Crippen molar-refractivity contribution in [2.24, 2.45) is 0 Å². The van der Waals surface area contributed by atoms with Crippen molar-refractivity contribution < 1.29 is 13.2 Å². The number of allylic oxidation sites excluding steroid dienone is 1. The van der Waals surface area contributed by atoms with Gasteiger partial charge in [-0.05, 0) is 42.8 Å². The van der Waals surface area contributed by atoms with Crippen LogP contribution in [0.25, 0.3) is 5.57 Å².